The lowest BCUT2D eigenvalue weighted by Gasteiger charge is -2.28. The summed E-state index contributed by atoms with van der Waals surface area (Å²) in [5, 5.41) is 7.59. The molecule has 7 nitrogen and oxygen atoms in total. The van der Waals surface area contributed by atoms with Crippen LogP contribution in [-0.4, -0.2) is 44.9 Å². The molecule has 0 radical (unpaired) electrons. The molecule has 0 bridgehead atoms. The molecule has 20 heavy (non-hydrogen) atoms. The van der Waals surface area contributed by atoms with E-state index in [1.807, 2.05) is 6.07 Å². The second kappa shape index (κ2) is 6.31. The predicted molar refractivity (Wildman–Crippen MR) is 75.5 cm³/mol. The first kappa shape index (κ1) is 14.9. The van der Waals surface area contributed by atoms with Gasteiger partial charge in [0, 0.05) is 13.1 Å². The molecular formula is C12H18N4O3S. The molecule has 0 amide bonds. The van der Waals surface area contributed by atoms with E-state index in [9.17, 15) is 8.42 Å². The number of amidine groups is 1. The molecule has 1 saturated heterocycles. The van der Waals surface area contributed by atoms with E-state index in [4.69, 9.17) is 15.9 Å². The maximum absolute atomic E-state index is 12.3. The highest BCUT2D eigenvalue weighted by atomic mass is 32.2. The number of rotatable bonds is 5. The van der Waals surface area contributed by atoms with Crippen molar-refractivity contribution in [3.63, 3.8) is 0 Å². The van der Waals surface area contributed by atoms with Crippen LogP contribution in [0.25, 0.3) is 0 Å². The van der Waals surface area contributed by atoms with Crippen molar-refractivity contribution in [2.45, 2.75) is 6.04 Å². The summed E-state index contributed by atoms with van der Waals surface area (Å²) >= 11 is 0. The van der Waals surface area contributed by atoms with Gasteiger partial charge < -0.3 is 10.5 Å². The number of ether oxygens (including phenoxy) is 1. The summed E-state index contributed by atoms with van der Waals surface area (Å²) in [5.41, 5.74) is 6.15. The van der Waals surface area contributed by atoms with Crippen molar-refractivity contribution >= 4 is 16.0 Å². The van der Waals surface area contributed by atoms with E-state index in [1.165, 1.54) is 4.31 Å². The zero-order valence-electron chi connectivity index (χ0n) is 11.0. The lowest BCUT2D eigenvalue weighted by Crippen LogP contribution is -2.49. The average molecular weight is 298 g/mol. The number of morpholine rings is 1. The quantitative estimate of drug-likeness (QED) is 0.518. The van der Waals surface area contributed by atoms with Crippen LogP contribution in [0.5, 0.6) is 0 Å². The van der Waals surface area contributed by atoms with Crippen molar-refractivity contribution in [2.75, 3.05) is 26.3 Å². The van der Waals surface area contributed by atoms with Crippen LogP contribution in [0.4, 0.5) is 0 Å². The molecule has 0 aromatic heterocycles. The van der Waals surface area contributed by atoms with Crippen molar-refractivity contribution in [3.8, 4) is 0 Å². The molecule has 0 aliphatic carbocycles. The predicted octanol–water partition coefficient (Wildman–Crippen LogP) is -0.170. The molecule has 1 atom stereocenters. The number of hydrogen-bond donors (Lipinski definition) is 3. The lowest BCUT2D eigenvalue weighted by molar-refractivity contribution is 0.0724. The average Bonchev–Trinajstić information content (AvgIpc) is 2.46. The Morgan fingerprint density at radius 3 is 2.45 bits per heavy atom. The first-order valence-electron chi connectivity index (χ1n) is 6.25. The van der Waals surface area contributed by atoms with Gasteiger partial charge in [0.15, 0.2) is 0 Å². The molecule has 1 aliphatic rings. The monoisotopic (exact) mass is 298 g/mol. The van der Waals surface area contributed by atoms with Crippen LogP contribution in [0.1, 0.15) is 11.6 Å². The van der Waals surface area contributed by atoms with E-state index in [1.54, 1.807) is 24.3 Å². The molecule has 8 heteroatoms. The Morgan fingerprint density at radius 2 is 1.90 bits per heavy atom. The summed E-state index contributed by atoms with van der Waals surface area (Å²) in [7, 11) is -3.69. The van der Waals surface area contributed by atoms with E-state index in [0.717, 1.165) is 0 Å². The van der Waals surface area contributed by atoms with Crippen LogP contribution in [0.3, 0.4) is 0 Å². The molecule has 2 rings (SSSR count). The number of nitrogens with zero attached hydrogens (tertiary/aromatic N) is 1. The molecule has 4 N–H and O–H groups in total. The minimum Gasteiger partial charge on any atom is -0.386 e. The van der Waals surface area contributed by atoms with Gasteiger partial charge in [-0.05, 0) is 5.56 Å². The number of nitrogens with one attached hydrogen (secondary N) is 2. The van der Waals surface area contributed by atoms with Gasteiger partial charge in [-0.2, -0.15) is 17.4 Å². The molecule has 0 spiro atoms. The third kappa shape index (κ3) is 3.54. The molecule has 1 heterocycles. The molecular weight excluding hydrogens is 280 g/mol. The Morgan fingerprint density at radius 1 is 1.30 bits per heavy atom. The van der Waals surface area contributed by atoms with Crippen molar-refractivity contribution < 1.29 is 13.2 Å². The van der Waals surface area contributed by atoms with E-state index >= 15 is 0 Å². The number of nitrogens with two attached hydrogens (primary N) is 1. The van der Waals surface area contributed by atoms with Crippen LogP contribution < -0.4 is 10.5 Å². The van der Waals surface area contributed by atoms with Crippen LogP contribution in [0.15, 0.2) is 30.3 Å². The maximum Gasteiger partial charge on any atom is 0.280 e. The first-order chi connectivity index (χ1) is 9.50. The standard InChI is InChI=1S/C12H18N4O3S/c13-12(14)11(10-4-2-1-3-5-10)15-20(17,18)16-6-8-19-9-7-16/h1-5,11,15H,6-9H2,(H3,13,14). The van der Waals surface area contributed by atoms with Gasteiger partial charge in [-0.1, -0.05) is 30.3 Å². The van der Waals surface area contributed by atoms with E-state index in [0.29, 0.717) is 31.9 Å². The lowest BCUT2D eigenvalue weighted by atomic mass is 10.1. The highest BCUT2D eigenvalue weighted by Gasteiger charge is 2.28. The van der Waals surface area contributed by atoms with Gasteiger partial charge in [0.2, 0.25) is 0 Å². The van der Waals surface area contributed by atoms with Crippen LogP contribution in [0, 0.1) is 5.41 Å². The second-order valence-electron chi connectivity index (χ2n) is 4.43. The highest BCUT2D eigenvalue weighted by molar-refractivity contribution is 7.87. The summed E-state index contributed by atoms with van der Waals surface area (Å²) in [6.45, 7) is 1.34. The molecule has 1 unspecified atom stereocenters. The first-order valence-corrected chi connectivity index (χ1v) is 7.69. The summed E-state index contributed by atoms with van der Waals surface area (Å²) in [6, 6.07) is 7.96. The molecule has 1 fully saturated rings. The largest absolute Gasteiger partial charge is 0.386 e. The fourth-order valence-electron chi connectivity index (χ4n) is 1.97. The fourth-order valence-corrected chi connectivity index (χ4v) is 3.31. The fraction of sp³-hybridized carbons (Fsp3) is 0.417. The minimum absolute atomic E-state index is 0.243. The molecule has 1 aromatic carbocycles. The van der Waals surface area contributed by atoms with Gasteiger partial charge in [0.05, 0.1) is 13.2 Å². The zero-order chi connectivity index (χ0) is 14.6. The summed E-state index contributed by atoms with van der Waals surface area (Å²) in [4.78, 5) is 0. The topological polar surface area (TPSA) is 109 Å². The summed E-state index contributed by atoms with van der Waals surface area (Å²) in [6.07, 6.45) is 0. The van der Waals surface area contributed by atoms with E-state index < -0.39 is 16.3 Å². The van der Waals surface area contributed by atoms with Gasteiger partial charge in [-0.15, -0.1) is 0 Å². The highest BCUT2D eigenvalue weighted by Crippen LogP contribution is 2.15. The minimum atomic E-state index is -3.69. The van der Waals surface area contributed by atoms with E-state index in [-0.39, 0.29) is 5.84 Å². The van der Waals surface area contributed by atoms with Crippen LogP contribution in [-0.2, 0) is 14.9 Å². The third-order valence-corrected chi connectivity index (χ3v) is 4.60. The zero-order valence-corrected chi connectivity index (χ0v) is 11.8. The second-order valence-corrected chi connectivity index (χ2v) is 6.14. The third-order valence-electron chi connectivity index (χ3n) is 3.02. The Bertz CT molecular complexity index is 555. The Hall–Kier alpha value is -1.48. The Labute approximate surface area is 118 Å². The Balaban J connectivity index is 2.18. The number of benzene rings is 1. The summed E-state index contributed by atoms with van der Waals surface area (Å²) in [5.74, 6) is -0.243. The van der Waals surface area contributed by atoms with Gasteiger partial charge >= 0.3 is 0 Å². The van der Waals surface area contributed by atoms with E-state index in [2.05, 4.69) is 4.72 Å². The molecule has 110 valence electrons. The Kier molecular flexibility index (Phi) is 4.71. The molecule has 1 aliphatic heterocycles. The van der Waals surface area contributed by atoms with Crippen LogP contribution >= 0.6 is 0 Å². The maximum atomic E-state index is 12.3. The smallest absolute Gasteiger partial charge is 0.280 e. The van der Waals surface area contributed by atoms with Gasteiger partial charge in [0.1, 0.15) is 11.9 Å². The number of hydrogen-bond acceptors (Lipinski definition) is 4. The normalized spacial score (nSPS) is 18.6. The van der Waals surface area contributed by atoms with Gasteiger partial charge in [-0.3, -0.25) is 5.41 Å². The van der Waals surface area contributed by atoms with Gasteiger partial charge in [0.25, 0.3) is 10.2 Å². The summed E-state index contributed by atoms with van der Waals surface area (Å²) < 4.78 is 33.5. The molecule has 0 saturated carbocycles. The SMILES string of the molecule is N=C(N)C(NS(=O)(=O)N1CCOCC1)c1ccccc1. The van der Waals surface area contributed by atoms with Crippen LogP contribution in [0.2, 0.25) is 0 Å². The van der Waals surface area contributed by atoms with Gasteiger partial charge in [-0.25, -0.2) is 0 Å². The molecule has 1 aromatic rings. The van der Waals surface area contributed by atoms with Crippen molar-refractivity contribution in [3.05, 3.63) is 35.9 Å². The van der Waals surface area contributed by atoms with Crippen molar-refractivity contribution in [1.82, 2.24) is 9.03 Å². The van der Waals surface area contributed by atoms with Crippen molar-refractivity contribution in [2.24, 2.45) is 5.73 Å². The van der Waals surface area contributed by atoms with Crippen molar-refractivity contribution in [1.29, 1.82) is 5.41 Å².